The minimum atomic E-state index is -4.14. The van der Waals surface area contributed by atoms with Gasteiger partial charge in [-0.05, 0) is 57.2 Å². The van der Waals surface area contributed by atoms with E-state index >= 15 is 0 Å². The first-order valence-electron chi connectivity index (χ1n) is 11.5. The van der Waals surface area contributed by atoms with Crippen LogP contribution in [0.25, 0.3) is 0 Å². The van der Waals surface area contributed by atoms with Crippen molar-refractivity contribution >= 4 is 33.2 Å². The van der Waals surface area contributed by atoms with Gasteiger partial charge in [0.2, 0.25) is 5.91 Å². The van der Waals surface area contributed by atoms with Crippen molar-refractivity contribution in [1.29, 1.82) is 0 Å². The van der Waals surface area contributed by atoms with Gasteiger partial charge in [0.25, 0.3) is 15.9 Å². The average molecular weight is 526 g/mol. The van der Waals surface area contributed by atoms with Crippen LogP contribution in [0, 0.1) is 0 Å². The lowest BCUT2D eigenvalue weighted by Gasteiger charge is -2.25. The van der Waals surface area contributed by atoms with Crippen LogP contribution in [-0.4, -0.2) is 46.5 Å². The molecule has 10 heteroatoms. The standard InChI is InChI=1S/C27H31N3O6S/c1-27(2,3)29-26(32)21-13-9-10-14-22(21)28-25(31)18-30(37(33,34)20-11-7-6-8-12-20)19-15-16-23(35-4)24(17-19)36-5/h6-17H,18H2,1-5H3,(H,28,31)(H,29,32). The highest BCUT2D eigenvalue weighted by molar-refractivity contribution is 7.92. The van der Waals surface area contributed by atoms with Gasteiger partial charge in [0, 0.05) is 11.6 Å². The lowest BCUT2D eigenvalue weighted by Crippen LogP contribution is -2.41. The van der Waals surface area contributed by atoms with E-state index in [2.05, 4.69) is 10.6 Å². The van der Waals surface area contributed by atoms with Crippen LogP contribution in [0.2, 0.25) is 0 Å². The fourth-order valence-corrected chi connectivity index (χ4v) is 4.97. The Morgan fingerprint density at radius 1 is 0.865 bits per heavy atom. The maximum Gasteiger partial charge on any atom is 0.264 e. The number of para-hydroxylation sites is 1. The molecule has 3 rings (SSSR count). The molecule has 196 valence electrons. The quantitative estimate of drug-likeness (QED) is 0.435. The van der Waals surface area contributed by atoms with Gasteiger partial charge in [-0.2, -0.15) is 0 Å². The summed E-state index contributed by atoms with van der Waals surface area (Å²) in [5.74, 6) is -0.285. The van der Waals surface area contributed by atoms with E-state index in [0.29, 0.717) is 11.5 Å². The van der Waals surface area contributed by atoms with E-state index in [-0.39, 0.29) is 27.7 Å². The van der Waals surface area contributed by atoms with E-state index in [1.165, 1.54) is 38.5 Å². The second-order valence-electron chi connectivity index (χ2n) is 9.16. The number of anilines is 2. The first-order chi connectivity index (χ1) is 17.5. The number of carbonyl (C=O) groups is 2. The van der Waals surface area contributed by atoms with Crippen LogP contribution in [0.15, 0.2) is 77.7 Å². The number of hydrogen-bond acceptors (Lipinski definition) is 6. The molecule has 0 saturated carbocycles. The van der Waals surface area contributed by atoms with E-state index in [4.69, 9.17) is 9.47 Å². The summed E-state index contributed by atoms with van der Waals surface area (Å²) in [7, 11) is -1.24. The van der Waals surface area contributed by atoms with E-state index in [9.17, 15) is 18.0 Å². The van der Waals surface area contributed by atoms with Crippen LogP contribution in [0.3, 0.4) is 0 Å². The van der Waals surface area contributed by atoms with E-state index in [1.807, 2.05) is 20.8 Å². The summed E-state index contributed by atoms with van der Waals surface area (Å²) in [6.45, 7) is 4.99. The summed E-state index contributed by atoms with van der Waals surface area (Å²) in [5.41, 5.74) is 0.241. The van der Waals surface area contributed by atoms with Crippen molar-refractivity contribution in [3.63, 3.8) is 0 Å². The monoisotopic (exact) mass is 525 g/mol. The topological polar surface area (TPSA) is 114 Å². The molecule has 0 atom stereocenters. The number of ether oxygens (including phenoxy) is 2. The third-order valence-electron chi connectivity index (χ3n) is 5.21. The number of sulfonamides is 1. The highest BCUT2D eigenvalue weighted by Gasteiger charge is 2.28. The van der Waals surface area contributed by atoms with E-state index in [0.717, 1.165) is 4.31 Å². The Balaban J connectivity index is 1.97. The van der Waals surface area contributed by atoms with Crippen molar-refractivity contribution < 1.29 is 27.5 Å². The Morgan fingerprint density at radius 2 is 1.49 bits per heavy atom. The van der Waals surface area contributed by atoms with Gasteiger partial charge in [-0.15, -0.1) is 0 Å². The number of methoxy groups -OCH3 is 2. The van der Waals surface area contributed by atoms with Crippen molar-refractivity contribution in [1.82, 2.24) is 5.32 Å². The molecule has 9 nitrogen and oxygen atoms in total. The maximum absolute atomic E-state index is 13.6. The normalized spacial score (nSPS) is 11.4. The van der Waals surface area contributed by atoms with Gasteiger partial charge in [0.15, 0.2) is 11.5 Å². The fourth-order valence-electron chi connectivity index (χ4n) is 3.53. The minimum absolute atomic E-state index is 0.0162. The van der Waals surface area contributed by atoms with Crippen molar-refractivity contribution in [2.75, 3.05) is 30.4 Å². The Morgan fingerprint density at radius 3 is 2.11 bits per heavy atom. The second kappa shape index (κ2) is 11.3. The number of nitrogens with zero attached hydrogens (tertiary/aromatic N) is 1. The molecule has 0 radical (unpaired) electrons. The zero-order valence-corrected chi connectivity index (χ0v) is 22.3. The summed E-state index contributed by atoms with van der Waals surface area (Å²) in [5, 5.41) is 5.55. The van der Waals surface area contributed by atoms with Crippen LogP contribution >= 0.6 is 0 Å². The predicted molar refractivity (Wildman–Crippen MR) is 143 cm³/mol. The van der Waals surface area contributed by atoms with E-state index < -0.39 is 28.0 Å². The number of benzene rings is 3. The Bertz CT molecular complexity index is 1370. The van der Waals surface area contributed by atoms with Crippen molar-refractivity contribution in [3.05, 3.63) is 78.4 Å². The molecule has 2 amide bonds. The molecule has 0 fully saturated rings. The minimum Gasteiger partial charge on any atom is -0.493 e. The van der Waals surface area contributed by atoms with Gasteiger partial charge in [0.1, 0.15) is 6.54 Å². The maximum atomic E-state index is 13.6. The molecule has 0 spiro atoms. The Kier molecular flexibility index (Phi) is 8.44. The zero-order valence-electron chi connectivity index (χ0n) is 21.4. The first-order valence-corrected chi connectivity index (χ1v) is 12.9. The lowest BCUT2D eigenvalue weighted by molar-refractivity contribution is -0.114. The van der Waals surface area contributed by atoms with E-state index in [1.54, 1.807) is 48.5 Å². The van der Waals surface area contributed by atoms with Crippen molar-refractivity contribution in [2.24, 2.45) is 0 Å². The molecule has 0 bridgehead atoms. The molecule has 0 aliphatic heterocycles. The Labute approximate surface area is 217 Å². The predicted octanol–water partition coefficient (Wildman–Crippen LogP) is 4.07. The molecule has 0 aliphatic rings. The smallest absolute Gasteiger partial charge is 0.264 e. The molecule has 0 heterocycles. The van der Waals surface area contributed by atoms with Crippen LogP contribution in [0.5, 0.6) is 11.5 Å². The molecule has 0 aliphatic carbocycles. The second-order valence-corrected chi connectivity index (χ2v) is 11.0. The van der Waals surface area contributed by atoms with Gasteiger partial charge in [0.05, 0.1) is 36.1 Å². The van der Waals surface area contributed by atoms with Gasteiger partial charge in [-0.1, -0.05) is 30.3 Å². The van der Waals surface area contributed by atoms with Gasteiger partial charge in [-0.3, -0.25) is 13.9 Å². The van der Waals surface area contributed by atoms with Gasteiger partial charge >= 0.3 is 0 Å². The number of amides is 2. The largest absolute Gasteiger partial charge is 0.493 e. The molecule has 3 aromatic carbocycles. The lowest BCUT2D eigenvalue weighted by atomic mass is 10.1. The van der Waals surface area contributed by atoms with Crippen molar-refractivity contribution in [3.8, 4) is 11.5 Å². The SMILES string of the molecule is COc1ccc(N(CC(=O)Nc2ccccc2C(=O)NC(C)(C)C)S(=O)(=O)c2ccccc2)cc1OC. The molecule has 0 unspecified atom stereocenters. The third-order valence-corrected chi connectivity index (χ3v) is 7.00. The summed E-state index contributed by atoms with van der Waals surface area (Å²) < 4.78 is 38.8. The average Bonchev–Trinajstić information content (AvgIpc) is 2.86. The highest BCUT2D eigenvalue weighted by atomic mass is 32.2. The van der Waals surface area contributed by atoms with Crippen LogP contribution in [0.4, 0.5) is 11.4 Å². The van der Waals surface area contributed by atoms with Gasteiger partial charge < -0.3 is 20.1 Å². The van der Waals surface area contributed by atoms with Crippen molar-refractivity contribution in [2.45, 2.75) is 31.2 Å². The highest BCUT2D eigenvalue weighted by Crippen LogP contribution is 2.33. The molecular weight excluding hydrogens is 494 g/mol. The number of hydrogen-bond donors (Lipinski definition) is 2. The summed E-state index contributed by atoms with van der Waals surface area (Å²) in [6, 6.07) is 18.9. The molecule has 0 aromatic heterocycles. The number of carbonyl (C=O) groups excluding carboxylic acids is 2. The van der Waals surface area contributed by atoms with Crippen LogP contribution in [0.1, 0.15) is 31.1 Å². The number of rotatable bonds is 9. The first kappa shape index (κ1) is 27.5. The summed E-state index contributed by atoms with van der Waals surface area (Å²) in [6.07, 6.45) is 0. The molecule has 3 aromatic rings. The zero-order chi connectivity index (χ0) is 27.2. The molecule has 37 heavy (non-hydrogen) atoms. The molecule has 0 saturated heterocycles. The van der Waals surface area contributed by atoms with Crippen LogP contribution in [-0.2, 0) is 14.8 Å². The van der Waals surface area contributed by atoms with Crippen LogP contribution < -0.4 is 24.4 Å². The molecule has 2 N–H and O–H groups in total. The fraction of sp³-hybridized carbons (Fsp3) is 0.259. The summed E-state index contributed by atoms with van der Waals surface area (Å²) in [4.78, 5) is 26.0. The number of nitrogens with one attached hydrogen (secondary N) is 2. The third kappa shape index (κ3) is 6.79. The summed E-state index contributed by atoms with van der Waals surface area (Å²) >= 11 is 0. The van der Waals surface area contributed by atoms with Gasteiger partial charge in [-0.25, -0.2) is 8.42 Å². The molecular formula is C27H31N3O6S. The Hall–Kier alpha value is -4.05.